The lowest BCUT2D eigenvalue weighted by Gasteiger charge is -2.14. The fourth-order valence-corrected chi connectivity index (χ4v) is 5.16. The maximum atomic E-state index is 13.1. The van der Waals surface area contributed by atoms with E-state index >= 15 is 0 Å². The van der Waals surface area contributed by atoms with E-state index in [0.717, 1.165) is 27.0 Å². The number of amides is 1. The summed E-state index contributed by atoms with van der Waals surface area (Å²) < 4.78 is 17.5. The van der Waals surface area contributed by atoms with Crippen LogP contribution in [0.25, 0.3) is 6.08 Å². The Hall–Kier alpha value is -2.94. The van der Waals surface area contributed by atoms with Gasteiger partial charge in [0.05, 0.1) is 24.8 Å². The monoisotopic (exact) mass is 586 g/mol. The number of nitrogens with zero attached hydrogens (tertiary/aromatic N) is 2. The molecule has 0 aliphatic carbocycles. The highest BCUT2D eigenvalue weighted by atomic mass is 79.9. The smallest absolute Gasteiger partial charge is 0.266 e. The first-order valence-electron chi connectivity index (χ1n) is 11.1. The summed E-state index contributed by atoms with van der Waals surface area (Å²) in [4.78, 5) is 20.0. The summed E-state index contributed by atoms with van der Waals surface area (Å²) in [5.74, 6) is 1.76. The second-order valence-electron chi connectivity index (χ2n) is 7.66. The van der Waals surface area contributed by atoms with Gasteiger partial charge in [-0.05, 0) is 72.8 Å². The second kappa shape index (κ2) is 11.9. The number of aliphatic imine (C=N–C) groups is 1. The molecule has 1 heterocycles. The van der Waals surface area contributed by atoms with Gasteiger partial charge in [0, 0.05) is 21.6 Å². The van der Waals surface area contributed by atoms with Gasteiger partial charge in [0.2, 0.25) is 0 Å². The van der Waals surface area contributed by atoms with Crippen molar-refractivity contribution < 1.29 is 19.0 Å². The molecule has 1 aliphatic heterocycles. The van der Waals surface area contributed by atoms with E-state index in [2.05, 4.69) is 20.9 Å². The van der Waals surface area contributed by atoms with Crippen LogP contribution in [0.5, 0.6) is 17.2 Å². The SMILES string of the molecule is CCN1C(=O)/C(=C\c2cc(OC)c(OCc3ccccc3Cl)cc2Br)SC1=Nc1ccc(OC)cc1. The van der Waals surface area contributed by atoms with Gasteiger partial charge in [0.1, 0.15) is 12.4 Å². The van der Waals surface area contributed by atoms with Crippen LogP contribution in [0.2, 0.25) is 5.02 Å². The van der Waals surface area contributed by atoms with E-state index in [1.807, 2.05) is 73.7 Å². The molecule has 1 saturated heterocycles. The highest BCUT2D eigenvalue weighted by Gasteiger charge is 2.32. The van der Waals surface area contributed by atoms with E-state index in [-0.39, 0.29) is 5.91 Å². The van der Waals surface area contributed by atoms with E-state index in [4.69, 9.17) is 25.8 Å². The zero-order valence-electron chi connectivity index (χ0n) is 20.0. The maximum Gasteiger partial charge on any atom is 0.266 e. The third-order valence-corrected chi connectivity index (χ3v) is 7.47. The zero-order valence-corrected chi connectivity index (χ0v) is 23.1. The molecule has 0 spiro atoms. The van der Waals surface area contributed by atoms with Crippen molar-refractivity contribution in [3.05, 3.63) is 86.2 Å². The summed E-state index contributed by atoms with van der Waals surface area (Å²) >= 11 is 11.2. The Kier molecular flexibility index (Phi) is 8.61. The third-order valence-electron chi connectivity index (χ3n) is 5.41. The number of benzene rings is 3. The van der Waals surface area contributed by atoms with Gasteiger partial charge in [0.15, 0.2) is 16.7 Å². The minimum absolute atomic E-state index is 0.0975. The zero-order chi connectivity index (χ0) is 25.7. The average molecular weight is 588 g/mol. The number of methoxy groups -OCH3 is 2. The van der Waals surface area contributed by atoms with Gasteiger partial charge in [-0.3, -0.25) is 9.69 Å². The lowest BCUT2D eigenvalue weighted by Crippen LogP contribution is -2.28. The van der Waals surface area contributed by atoms with Crippen molar-refractivity contribution >= 4 is 62.1 Å². The lowest BCUT2D eigenvalue weighted by molar-refractivity contribution is -0.122. The van der Waals surface area contributed by atoms with Crippen molar-refractivity contribution in [1.82, 2.24) is 4.90 Å². The Morgan fingerprint density at radius 2 is 1.81 bits per heavy atom. The van der Waals surface area contributed by atoms with Crippen molar-refractivity contribution in [3.8, 4) is 17.2 Å². The van der Waals surface area contributed by atoms with Crippen LogP contribution in [0, 0.1) is 0 Å². The Morgan fingerprint density at radius 1 is 1.06 bits per heavy atom. The molecule has 36 heavy (non-hydrogen) atoms. The van der Waals surface area contributed by atoms with Crippen LogP contribution in [-0.4, -0.2) is 36.7 Å². The van der Waals surface area contributed by atoms with Crippen molar-refractivity contribution in [3.63, 3.8) is 0 Å². The van der Waals surface area contributed by atoms with Crippen LogP contribution in [-0.2, 0) is 11.4 Å². The number of carbonyl (C=O) groups is 1. The van der Waals surface area contributed by atoms with Crippen LogP contribution < -0.4 is 14.2 Å². The van der Waals surface area contributed by atoms with Crippen molar-refractivity contribution in [1.29, 1.82) is 0 Å². The minimum Gasteiger partial charge on any atom is -0.497 e. The largest absolute Gasteiger partial charge is 0.497 e. The molecule has 0 radical (unpaired) electrons. The number of halogens is 2. The number of hydrogen-bond donors (Lipinski definition) is 0. The molecule has 6 nitrogen and oxygen atoms in total. The Bertz CT molecular complexity index is 1330. The molecular formula is C27H24BrClN2O4S. The molecule has 3 aromatic carbocycles. The van der Waals surface area contributed by atoms with Gasteiger partial charge in [-0.1, -0.05) is 45.7 Å². The maximum absolute atomic E-state index is 13.1. The van der Waals surface area contributed by atoms with Crippen molar-refractivity contribution in [2.45, 2.75) is 13.5 Å². The second-order valence-corrected chi connectivity index (χ2v) is 9.93. The van der Waals surface area contributed by atoms with Crippen LogP contribution in [0.15, 0.2) is 75.0 Å². The first-order valence-corrected chi connectivity index (χ1v) is 13.1. The Labute approximate surface area is 228 Å². The molecule has 1 amide bonds. The molecular weight excluding hydrogens is 564 g/mol. The number of carbonyl (C=O) groups excluding carboxylic acids is 1. The first kappa shape index (κ1) is 26.1. The number of ether oxygens (including phenoxy) is 3. The van der Waals surface area contributed by atoms with Gasteiger partial charge >= 0.3 is 0 Å². The third kappa shape index (κ3) is 5.88. The molecule has 4 rings (SSSR count). The molecule has 1 fully saturated rings. The minimum atomic E-state index is -0.0975. The number of hydrogen-bond acceptors (Lipinski definition) is 6. The van der Waals surface area contributed by atoms with Gasteiger partial charge in [-0.15, -0.1) is 0 Å². The molecule has 186 valence electrons. The molecule has 3 aromatic rings. The van der Waals surface area contributed by atoms with E-state index in [1.54, 1.807) is 19.1 Å². The van der Waals surface area contributed by atoms with Crippen molar-refractivity contribution in [2.24, 2.45) is 4.99 Å². The van der Waals surface area contributed by atoms with E-state index in [1.165, 1.54) is 11.8 Å². The lowest BCUT2D eigenvalue weighted by atomic mass is 10.1. The van der Waals surface area contributed by atoms with Crippen LogP contribution in [0.1, 0.15) is 18.1 Å². The van der Waals surface area contributed by atoms with Gasteiger partial charge in [0.25, 0.3) is 5.91 Å². The predicted molar refractivity (Wildman–Crippen MR) is 150 cm³/mol. The summed E-state index contributed by atoms with van der Waals surface area (Å²) in [5, 5.41) is 1.27. The van der Waals surface area contributed by atoms with Gasteiger partial charge < -0.3 is 14.2 Å². The first-order chi connectivity index (χ1) is 17.4. The van der Waals surface area contributed by atoms with Gasteiger partial charge in [-0.25, -0.2) is 4.99 Å². The topological polar surface area (TPSA) is 60.4 Å². The molecule has 0 N–H and O–H groups in total. The molecule has 0 atom stereocenters. The Morgan fingerprint density at radius 3 is 2.47 bits per heavy atom. The van der Waals surface area contributed by atoms with Gasteiger partial charge in [-0.2, -0.15) is 0 Å². The summed E-state index contributed by atoms with van der Waals surface area (Å²) in [6.07, 6.45) is 1.83. The average Bonchev–Trinajstić information content (AvgIpc) is 3.18. The number of amidine groups is 1. The van der Waals surface area contributed by atoms with E-state index in [9.17, 15) is 4.79 Å². The number of rotatable bonds is 8. The van der Waals surface area contributed by atoms with Crippen LogP contribution in [0.3, 0.4) is 0 Å². The molecule has 1 aliphatic rings. The number of thioether (sulfide) groups is 1. The number of likely N-dealkylation sites (N-methyl/N-ethyl adjacent to an activating group) is 1. The summed E-state index contributed by atoms with van der Waals surface area (Å²) in [5.41, 5.74) is 2.41. The predicted octanol–water partition coefficient (Wildman–Crippen LogP) is 7.32. The highest BCUT2D eigenvalue weighted by molar-refractivity contribution is 9.10. The van der Waals surface area contributed by atoms with Crippen molar-refractivity contribution in [2.75, 3.05) is 20.8 Å². The highest BCUT2D eigenvalue weighted by Crippen LogP contribution is 2.39. The summed E-state index contributed by atoms with van der Waals surface area (Å²) in [7, 11) is 3.20. The normalized spacial score (nSPS) is 15.6. The fraction of sp³-hybridized carbons (Fsp3) is 0.185. The van der Waals surface area contributed by atoms with Crippen LogP contribution >= 0.6 is 39.3 Å². The van der Waals surface area contributed by atoms with Crippen LogP contribution in [0.4, 0.5) is 5.69 Å². The standard InChI is InChI=1S/C27H24BrClN2O4S/c1-4-31-26(32)25(36-27(31)30-19-9-11-20(33-2)12-10-19)14-18-13-23(34-3)24(15-21(18)28)35-16-17-7-5-6-8-22(17)29/h5-15H,4,16H2,1-3H3/b25-14+,30-27?. The van der Waals surface area contributed by atoms with E-state index in [0.29, 0.717) is 39.7 Å². The molecule has 0 aromatic heterocycles. The summed E-state index contributed by atoms with van der Waals surface area (Å²) in [6.45, 7) is 2.74. The molecule has 0 bridgehead atoms. The molecule has 9 heteroatoms. The molecule has 0 unspecified atom stereocenters. The summed E-state index contributed by atoms with van der Waals surface area (Å²) in [6, 6.07) is 18.6. The molecule has 0 saturated carbocycles. The fourth-order valence-electron chi connectivity index (χ4n) is 3.48. The Balaban J connectivity index is 1.59. The quantitative estimate of drug-likeness (QED) is 0.258. The van der Waals surface area contributed by atoms with E-state index < -0.39 is 0 Å².